The van der Waals surface area contributed by atoms with Gasteiger partial charge in [0.25, 0.3) is 0 Å². The lowest BCUT2D eigenvalue weighted by atomic mass is 10.3. The van der Waals surface area contributed by atoms with Crippen LogP contribution in [0.1, 0.15) is 0 Å². The molecule has 0 aliphatic rings. The van der Waals surface area contributed by atoms with Crippen molar-refractivity contribution in [2.24, 2.45) is 7.05 Å². The summed E-state index contributed by atoms with van der Waals surface area (Å²) in [6, 6.07) is 7.72. The fourth-order valence-corrected chi connectivity index (χ4v) is 2.43. The van der Waals surface area contributed by atoms with Crippen LogP contribution in [0.5, 0.6) is 5.75 Å². The highest BCUT2D eigenvalue weighted by Crippen LogP contribution is 2.26. The van der Waals surface area contributed by atoms with Gasteiger partial charge >= 0.3 is 0 Å². The fraction of sp³-hybridized carbons (Fsp3) is 0.353. The molecule has 0 saturated carbocycles. The summed E-state index contributed by atoms with van der Waals surface area (Å²) in [6.45, 7) is 1.65. The number of likely N-dealkylation sites (N-methyl/N-ethyl adjacent to an activating group) is 1. The van der Waals surface area contributed by atoms with Crippen molar-refractivity contribution in [3.63, 3.8) is 0 Å². The summed E-state index contributed by atoms with van der Waals surface area (Å²) in [4.78, 5) is 11.3. The van der Waals surface area contributed by atoms with Gasteiger partial charge in [-0.3, -0.25) is 4.68 Å². The van der Waals surface area contributed by atoms with Gasteiger partial charge in [0.05, 0.1) is 18.7 Å². The molecule has 2 N–H and O–H groups in total. The molecule has 3 aromatic rings. The zero-order valence-electron chi connectivity index (χ0n) is 15.4. The summed E-state index contributed by atoms with van der Waals surface area (Å²) in [5, 5.41) is 11.8. The molecule has 0 radical (unpaired) electrons. The van der Waals surface area contributed by atoms with E-state index in [2.05, 4.69) is 30.6 Å². The number of hydrogen-bond donors (Lipinski definition) is 2. The van der Waals surface area contributed by atoms with E-state index in [0.29, 0.717) is 11.8 Å². The molecule has 26 heavy (non-hydrogen) atoms. The van der Waals surface area contributed by atoms with Gasteiger partial charge in [0.15, 0.2) is 5.65 Å². The average Bonchev–Trinajstić information content (AvgIpc) is 2.96. The first kappa shape index (κ1) is 19.7. The third kappa shape index (κ3) is 4.53. The first-order chi connectivity index (χ1) is 12.1. The summed E-state index contributed by atoms with van der Waals surface area (Å²) in [5.74, 6) is 2.06. The Morgan fingerprint density at radius 1 is 1.23 bits per heavy atom. The molecule has 2 heterocycles. The standard InChI is InChI=1S/C17H23N7O.ClH/c1-23(2)9-8-18-17-21-15(14-11-19-24(3)16(14)22-17)20-12-6-5-7-13(10-12)25-4;/h5-7,10-11H,8-9H2,1-4H3,(H2,18,20,21,22);1H. The Morgan fingerprint density at radius 3 is 2.77 bits per heavy atom. The maximum absolute atomic E-state index is 5.28. The lowest BCUT2D eigenvalue weighted by molar-refractivity contribution is 0.415. The molecule has 0 unspecified atom stereocenters. The second-order valence-corrected chi connectivity index (χ2v) is 5.99. The normalized spacial score (nSPS) is 10.7. The predicted molar refractivity (Wildman–Crippen MR) is 107 cm³/mol. The molecule has 0 atom stereocenters. The molecule has 0 amide bonds. The number of aromatic nitrogens is 4. The highest BCUT2D eigenvalue weighted by molar-refractivity contribution is 5.89. The Kier molecular flexibility index (Phi) is 6.59. The SMILES string of the molecule is COc1cccc(Nc2nc(NCCN(C)C)nc3c2cnn3C)c1.Cl. The van der Waals surface area contributed by atoms with Crippen molar-refractivity contribution < 1.29 is 4.74 Å². The molecular formula is C17H24ClN7O. The van der Waals surface area contributed by atoms with Gasteiger partial charge in [-0.1, -0.05) is 6.07 Å². The Morgan fingerprint density at radius 2 is 2.04 bits per heavy atom. The van der Waals surface area contributed by atoms with Gasteiger partial charge in [0.1, 0.15) is 11.6 Å². The fourth-order valence-electron chi connectivity index (χ4n) is 2.43. The number of nitrogens with one attached hydrogen (secondary N) is 2. The number of halogens is 1. The van der Waals surface area contributed by atoms with Crippen molar-refractivity contribution in [3.8, 4) is 5.75 Å². The monoisotopic (exact) mass is 377 g/mol. The highest BCUT2D eigenvalue weighted by Gasteiger charge is 2.12. The first-order valence-electron chi connectivity index (χ1n) is 8.06. The van der Waals surface area contributed by atoms with E-state index in [4.69, 9.17) is 4.74 Å². The molecule has 0 fully saturated rings. The molecule has 9 heteroatoms. The minimum atomic E-state index is 0. The van der Waals surface area contributed by atoms with Crippen molar-refractivity contribution >= 4 is 40.9 Å². The van der Waals surface area contributed by atoms with Crippen LogP contribution in [0.15, 0.2) is 30.5 Å². The molecule has 8 nitrogen and oxygen atoms in total. The Hall–Kier alpha value is -2.58. The van der Waals surface area contributed by atoms with E-state index in [1.165, 1.54) is 0 Å². The van der Waals surface area contributed by atoms with Crippen LogP contribution in [0, 0.1) is 0 Å². The van der Waals surface area contributed by atoms with Gasteiger partial charge in [-0.15, -0.1) is 12.4 Å². The van der Waals surface area contributed by atoms with Crippen LogP contribution in [0.3, 0.4) is 0 Å². The molecule has 140 valence electrons. The summed E-state index contributed by atoms with van der Waals surface area (Å²) in [7, 11) is 7.58. The minimum Gasteiger partial charge on any atom is -0.497 e. The van der Waals surface area contributed by atoms with E-state index in [9.17, 15) is 0 Å². The van der Waals surface area contributed by atoms with Crippen molar-refractivity contribution in [3.05, 3.63) is 30.5 Å². The number of anilines is 3. The molecule has 2 aromatic heterocycles. The Balaban J connectivity index is 0.00000243. The van der Waals surface area contributed by atoms with Crippen LogP contribution in [0.4, 0.5) is 17.5 Å². The molecule has 0 aliphatic carbocycles. The number of benzene rings is 1. The van der Waals surface area contributed by atoms with Crippen LogP contribution < -0.4 is 15.4 Å². The van der Waals surface area contributed by atoms with Gasteiger partial charge < -0.3 is 20.3 Å². The van der Waals surface area contributed by atoms with Gasteiger partial charge in [-0.05, 0) is 26.2 Å². The quantitative estimate of drug-likeness (QED) is 0.654. The number of nitrogens with zero attached hydrogens (tertiary/aromatic N) is 5. The molecule has 3 rings (SSSR count). The number of aryl methyl sites for hydroxylation is 1. The van der Waals surface area contributed by atoms with Crippen LogP contribution in [-0.4, -0.2) is 58.9 Å². The van der Waals surface area contributed by atoms with E-state index in [0.717, 1.165) is 35.6 Å². The molecule has 0 bridgehead atoms. The van der Waals surface area contributed by atoms with E-state index in [1.54, 1.807) is 18.0 Å². The van der Waals surface area contributed by atoms with Gasteiger partial charge in [-0.25, -0.2) is 0 Å². The van der Waals surface area contributed by atoms with E-state index in [-0.39, 0.29) is 12.4 Å². The largest absolute Gasteiger partial charge is 0.497 e. The summed E-state index contributed by atoms with van der Waals surface area (Å²) < 4.78 is 7.02. The number of fused-ring (bicyclic) bond motifs is 1. The maximum Gasteiger partial charge on any atom is 0.226 e. The molecule has 1 aromatic carbocycles. The van der Waals surface area contributed by atoms with Gasteiger partial charge in [0, 0.05) is 31.9 Å². The molecule has 0 aliphatic heterocycles. The molecule has 0 spiro atoms. The van der Waals surface area contributed by atoms with Crippen LogP contribution in [0.2, 0.25) is 0 Å². The average molecular weight is 378 g/mol. The van der Waals surface area contributed by atoms with E-state index < -0.39 is 0 Å². The first-order valence-corrected chi connectivity index (χ1v) is 8.06. The maximum atomic E-state index is 5.28. The predicted octanol–water partition coefficient (Wildman–Crippen LogP) is 2.51. The Bertz CT molecular complexity index is 865. The number of ether oxygens (including phenoxy) is 1. The minimum absolute atomic E-state index is 0. The highest BCUT2D eigenvalue weighted by atomic mass is 35.5. The third-order valence-corrected chi connectivity index (χ3v) is 3.77. The van der Waals surface area contributed by atoms with Crippen LogP contribution >= 0.6 is 12.4 Å². The number of rotatable bonds is 7. The van der Waals surface area contributed by atoms with Gasteiger partial charge in [-0.2, -0.15) is 15.1 Å². The van der Waals surface area contributed by atoms with Crippen molar-refractivity contribution in [2.75, 3.05) is 44.9 Å². The number of hydrogen-bond acceptors (Lipinski definition) is 7. The second kappa shape index (κ2) is 8.68. The van der Waals surface area contributed by atoms with Crippen molar-refractivity contribution in [2.45, 2.75) is 0 Å². The van der Waals surface area contributed by atoms with Gasteiger partial charge in [0.2, 0.25) is 5.95 Å². The lowest BCUT2D eigenvalue weighted by Crippen LogP contribution is -2.21. The lowest BCUT2D eigenvalue weighted by Gasteiger charge is -2.13. The van der Waals surface area contributed by atoms with E-state index >= 15 is 0 Å². The topological polar surface area (TPSA) is 80.1 Å². The van der Waals surface area contributed by atoms with E-state index in [1.807, 2.05) is 45.4 Å². The molecule has 0 saturated heterocycles. The van der Waals surface area contributed by atoms with Crippen LogP contribution in [0.25, 0.3) is 11.0 Å². The zero-order chi connectivity index (χ0) is 17.8. The smallest absolute Gasteiger partial charge is 0.226 e. The number of methoxy groups -OCH3 is 1. The summed E-state index contributed by atoms with van der Waals surface area (Å²) in [6.07, 6.45) is 1.77. The summed E-state index contributed by atoms with van der Waals surface area (Å²) in [5.41, 5.74) is 1.66. The summed E-state index contributed by atoms with van der Waals surface area (Å²) >= 11 is 0. The second-order valence-electron chi connectivity index (χ2n) is 5.99. The van der Waals surface area contributed by atoms with Crippen LogP contribution in [-0.2, 0) is 7.05 Å². The molecular weight excluding hydrogens is 354 g/mol. The Labute approximate surface area is 159 Å². The van der Waals surface area contributed by atoms with Crippen molar-refractivity contribution in [1.82, 2.24) is 24.6 Å². The van der Waals surface area contributed by atoms with Crippen molar-refractivity contribution in [1.29, 1.82) is 0 Å². The third-order valence-electron chi connectivity index (χ3n) is 3.77. The zero-order valence-corrected chi connectivity index (χ0v) is 16.2.